The quantitative estimate of drug-likeness (QED) is 0.0989. The highest BCUT2D eigenvalue weighted by Gasteiger charge is 2.42. The van der Waals surface area contributed by atoms with E-state index in [0.29, 0.717) is 12.2 Å². The molecule has 7 nitrogen and oxygen atoms in total. The summed E-state index contributed by atoms with van der Waals surface area (Å²) in [5, 5.41) is 0. The highest BCUT2D eigenvalue weighted by molar-refractivity contribution is 5.92. The Kier molecular flexibility index (Phi) is 12.3. The van der Waals surface area contributed by atoms with E-state index in [0.717, 1.165) is 37.7 Å². The monoisotopic (exact) mass is 562 g/mol. The third-order valence-electron chi connectivity index (χ3n) is 6.85. The molecular weight excluding hydrogens is 520 g/mol. The van der Waals surface area contributed by atoms with E-state index < -0.39 is 29.6 Å². The van der Waals surface area contributed by atoms with Crippen molar-refractivity contribution in [2.24, 2.45) is 0 Å². The molecule has 41 heavy (non-hydrogen) atoms. The molecule has 0 saturated heterocycles. The topological polar surface area (TPSA) is 88.1 Å². The summed E-state index contributed by atoms with van der Waals surface area (Å²) in [4.78, 5) is 38.9. The van der Waals surface area contributed by atoms with E-state index in [1.165, 1.54) is 18.6 Å². The number of hydrogen-bond acceptors (Lipinski definition) is 7. The Morgan fingerprint density at radius 2 is 1.54 bits per heavy atom. The smallest absolute Gasteiger partial charge is 0.364 e. The van der Waals surface area contributed by atoms with Crippen molar-refractivity contribution in [1.82, 2.24) is 0 Å². The number of rotatable bonds is 15. The lowest BCUT2D eigenvalue weighted by atomic mass is 9.88. The van der Waals surface area contributed by atoms with Gasteiger partial charge in [-0.15, -0.1) is 0 Å². The molecule has 0 aliphatic heterocycles. The molecule has 2 aromatic rings. The first-order valence-electron chi connectivity index (χ1n) is 14.6. The average Bonchev–Trinajstić information content (AvgIpc) is 2.99. The molecule has 0 unspecified atom stereocenters. The first kappa shape index (κ1) is 31.8. The first-order valence-corrected chi connectivity index (χ1v) is 14.6. The fraction of sp³-hybridized carbons (Fsp3) is 0.441. The van der Waals surface area contributed by atoms with Gasteiger partial charge in [-0.3, -0.25) is 0 Å². The van der Waals surface area contributed by atoms with Crippen molar-refractivity contribution in [2.45, 2.75) is 89.9 Å². The summed E-state index contributed by atoms with van der Waals surface area (Å²) in [6.07, 6.45) is 11.7. The predicted molar refractivity (Wildman–Crippen MR) is 158 cm³/mol. The summed E-state index contributed by atoms with van der Waals surface area (Å²) < 4.78 is 22.4. The van der Waals surface area contributed by atoms with E-state index in [2.05, 4.69) is 6.92 Å². The number of carbonyl (C=O) groups is 3. The minimum Gasteiger partial charge on any atom is -0.459 e. The second kappa shape index (κ2) is 15.9. The van der Waals surface area contributed by atoms with Crippen molar-refractivity contribution < 1.29 is 33.3 Å². The van der Waals surface area contributed by atoms with Crippen LogP contribution in [0.15, 0.2) is 78.9 Å². The van der Waals surface area contributed by atoms with Crippen LogP contribution in [0.25, 0.3) is 0 Å². The van der Waals surface area contributed by atoms with Gasteiger partial charge in [-0.25, -0.2) is 14.4 Å². The molecule has 0 spiro atoms. The molecular formula is C34H42O7. The Bertz CT molecular complexity index is 1170. The van der Waals surface area contributed by atoms with E-state index >= 15 is 0 Å². The van der Waals surface area contributed by atoms with Crippen LogP contribution in [0.3, 0.4) is 0 Å². The van der Waals surface area contributed by atoms with Crippen molar-refractivity contribution in [1.29, 1.82) is 0 Å². The molecule has 2 aromatic carbocycles. The van der Waals surface area contributed by atoms with Crippen LogP contribution in [0.1, 0.15) is 88.1 Å². The maximum Gasteiger partial charge on any atom is 0.364 e. The predicted octanol–water partition coefficient (Wildman–Crippen LogP) is 7.11. The van der Waals surface area contributed by atoms with Gasteiger partial charge in [0, 0.05) is 12.5 Å². The third-order valence-corrected chi connectivity index (χ3v) is 6.85. The Hall–Kier alpha value is -3.71. The molecule has 0 saturated carbocycles. The zero-order valence-electron chi connectivity index (χ0n) is 24.5. The molecule has 0 radical (unpaired) electrons. The lowest BCUT2D eigenvalue weighted by Crippen LogP contribution is -2.46. The molecule has 0 heterocycles. The minimum absolute atomic E-state index is 0.0936. The van der Waals surface area contributed by atoms with E-state index in [4.69, 9.17) is 18.9 Å². The molecule has 0 fully saturated rings. The number of allylic oxidation sites excluding steroid dienone is 2. The Balaban J connectivity index is 1.70. The third kappa shape index (κ3) is 9.42. The minimum atomic E-state index is -1.77. The van der Waals surface area contributed by atoms with Crippen molar-refractivity contribution in [3.63, 3.8) is 0 Å². The van der Waals surface area contributed by atoms with Gasteiger partial charge in [0.2, 0.25) is 5.60 Å². The fourth-order valence-electron chi connectivity index (χ4n) is 4.38. The lowest BCUT2D eigenvalue weighted by Gasteiger charge is -2.30. The fourth-order valence-corrected chi connectivity index (χ4v) is 4.38. The first-order chi connectivity index (χ1) is 19.8. The normalized spacial score (nSPS) is 19.3. The zero-order valence-corrected chi connectivity index (χ0v) is 24.5. The molecule has 0 aromatic heterocycles. The van der Waals surface area contributed by atoms with Crippen LogP contribution < -0.4 is 4.74 Å². The maximum atomic E-state index is 13.5. The molecule has 0 N–H and O–H groups in total. The molecule has 3 rings (SSSR count). The summed E-state index contributed by atoms with van der Waals surface area (Å²) in [5.74, 6) is -1.78. The van der Waals surface area contributed by atoms with Crippen molar-refractivity contribution in [3.05, 3.63) is 90.0 Å². The van der Waals surface area contributed by atoms with Gasteiger partial charge >= 0.3 is 17.9 Å². The van der Waals surface area contributed by atoms with Gasteiger partial charge in [-0.05, 0) is 75.1 Å². The molecule has 0 bridgehead atoms. The van der Waals surface area contributed by atoms with Gasteiger partial charge in [0.05, 0.1) is 11.7 Å². The molecule has 1 aliphatic carbocycles. The van der Waals surface area contributed by atoms with E-state index in [9.17, 15) is 14.4 Å². The summed E-state index contributed by atoms with van der Waals surface area (Å²) >= 11 is 0. The van der Waals surface area contributed by atoms with E-state index in [1.807, 2.05) is 56.3 Å². The van der Waals surface area contributed by atoms with Crippen molar-refractivity contribution in [3.8, 4) is 5.75 Å². The van der Waals surface area contributed by atoms with Gasteiger partial charge in [-0.1, -0.05) is 75.6 Å². The molecule has 1 aliphatic rings. The molecule has 7 heteroatoms. The van der Waals surface area contributed by atoms with Crippen LogP contribution in [0.2, 0.25) is 0 Å². The molecule has 220 valence electrons. The van der Waals surface area contributed by atoms with Gasteiger partial charge in [0.15, 0.2) is 6.10 Å². The van der Waals surface area contributed by atoms with Crippen molar-refractivity contribution in [2.75, 3.05) is 6.61 Å². The van der Waals surface area contributed by atoms with Gasteiger partial charge in [0.25, 0.3) is 0 Å². The van der Waals surface area contributed by atoms with Crippen LogP contribution in [0, 0.1) is 0 Å². The van der Waals surface area contributed by atoms with Crippen LogP contribution >= 0.6 is 0 Å². The highest BCUT2D eigenvalue weighted by Crippen LogP contribution is 2.31. The molecule has 0 amide bonds. The van der Waals surface area contributed by atoms with Crippen molar-refractivity contribution >= 4 is 17.9 Å². The van der Waals surface area contributed by atoms with Crippen LogP contribution in [0.4, 0.5) is 0 Å². The number of hydrogen-bond donors (Lipinski definition) is 0. The van der Waals surface area contributed by atoms with Gasteiger partial charge in [-0.2, -0.15) is 0 Å². The Labute approximate surface area is 243 Å². The molecule has 2 atom stereocenters. The Morgan fingerprint density at radius 1 is 0.854 bits per heavy atom. The van der Waals surface area contributed by atoms with E-state index in [1.54, 1.807) is 31.2 Å². The number of unbranched alkanes of at least 4 members (excludes halogenated alkanes) is 3. The van der Waals surface area contributed by atoms with Crippen LogP contribution in [-0.4, -0.2) is 42.3 Å². The lowest BCUT2D eigenvalue weighted by molar-refractivity contribution is -0.174. The van der Waals surface area contributed by atoms with Crippen LogP contribution in [-0.2, 0) is 23.8 Å². The number of benzene rings is 2. The summed E-state index contributed by atoms with van der Waals surface area (Å²) in [6, 6.07) is 15.9. The van der Waals surface area contributed by atoms with Gasteiger partial charge in [0.1, 0.15) is 5.75 Å². The second-order valence-electron chi connectivity index (χ2n) is 10.4. The standard InChI is InChI=1S/C34H42O7/c1-5-7-8-10-13-25(3)39-32(36)29-16-18-30(19-17-29)40-33(37)34(41-31(35)26(4)38-24-6-2)22-20-28(21-23-34)27-14-11-9-12-15-27/h9,11-12,14-23,25-26,28H,5-8,10,13,24H2,1-4H3/t25-,26+,28?,34?/m1/s1. The summed E-state index contributed by atoms with van der Waals surface area (Å²) in [7, 11) is 0. The van der Waals surface area contributed by atoms with Crippen LogP contribution in [0.5, 0.6) is 5.75 Å². The summed E-state index contributed by atoms with van der Waals surface area (Å²) in [5.41, 5.74) is -0.376. The number of ether oxygens (including phenoxy) is 4. The maximum absolute atomic E-state index is 13.5. The number of esters is 3. The largest absolute Gasteiger partial charge is 0.459 e. The SMILES string of the molecule is CCCCCC[C@@H](C)OC(=O)c1ccc(OC(=O)C2(OC(=O)[C@H](C)OCCC)C=CC(c3ccccc3)C=C2)cc1. The Morgan fingerprint density at radius 3 is 2.17 bits per heavy atom. The van der Waals surface area contributed by atoms with Gasteiger partial charge < -0.3 is 18.9 Å². The second-order valence-corrected chi connectivity index (χ2v) is 10.4. The summed E-state index contributed by atoms with van der Waals surface area (Å²) in [6.45, 7) is 7.96. The highest BCUT2D eigenvalue weighted by atomic mass is 16.6. The number of carbonyl (C=O) groups excluding carboxylic acids is 3. The van der Waals surface area contributed by atoms with E-state index in [-0.39, 0.29) is 17.8 Å². The average molecular weight is 563 g/mol. The zero-order chi connectivity index (χ0) is 29.7.